The number of rotatable bonds is 2. The maximum Gasteiger partial charge on any atom is 0.329 e. The van der Waals surface area contributed by atoms with Gasteiger partial charge in [0.15, 0.2) is 9.84 Å². The zero-order valence-electron chi connectivity index (χ0n) is 13.0. The third-order valence-corrected chi connectivity index (χ3v) is 6.86. The highest BCUT2D eigenvalue weighted by atomic mass is 35.5. The molecule has 2 amide bonds. The number of para-hydroxylation sites is 1. The fraction of sp³-hybridized carbons (Fsp3) is 0.235. The lowest BCUT2D eigenvalue weighted by atomic mass is 10.1. The quantitative estimate of drug-likeness (QED) is 0.728. The van der Waals surface area contributed by atoms with Crippen molar-refractivity contribution in [3.63, 3.8) is 0 Å². The number of sulfone groups is 1. The van der Waals surface area contributed by atoms with Gasteiger partial charge in [0.25, 0.3) is 0 Å². The van der Waals surface area contributed by atoms with Crippen LogP contribution in [0.3, 0.4) is 0 Å². The van der Waals surface area contributed by atoms with Gasteiger partial charge in [-0.15, -0.1) is 0 Å². The molecule has 0 spiro atoms. The summed E-state index contributed by atoms with van der Waals surface area (Å²) in [5.41, 5.74) is 1.15. The minimum absolute atomic E-state index is 0.0625. The lowest BCUT2D eigenvalue weighted by molar-refractivity contribution is 0.255. The van der Waals surface area contributed by atoms with Crippen LogP contribution >= 0.6 is 23.2 Å². The number of nitrogens with zero attached hydrogens (tertiary/aromatic N) is 2. The fourth-order valence-electron chi connectivity index (χ4n) is 3.54. The minimum atomic E-state index is -3.24. The van der Waals surface area contributed by atoms with Crippen LogP contribution < -0.4 is 9.80 Å². The summed E-state index contributed by atoms with van der Waals surface area (Å²) in [4.78, 5) is 16.2. The van der Waals surface area contributed by atoms with Gasteiger partial charge in [0.05, 0.1) is 34.3 Å². The summed E-state index contributed by atoms with van der Waals surface area (Å²) in [6.45, 7) is 0. The fourth-order valence-corrected chi connectivity index (χ4v) is 5.81. The van der Waals surface area contributed by atoms with E-state index in [1.807, 2.05) is 0 Å². The molecule has 0 aliphatic carbocycles. The van der Waals surface area contributed by atoms with E-state index >= 15 is 0 Å². The Balaban J connectivity index is 1.83. The van der Waals surface area contributed by atoms with E-state index in [0.717, 1.165) is 0 Å². The number of amides is 2. The molecular weight excluding hydrogens is 383 g/mol. The van der Waals surface area contributed by atoms with Crippen molar-refractivity contribution >= 4 is 50.4 Å². The first-order valence-corrected chi connectivity index (χ1v) is 10.3. The molecule has 130 valence electrons. The molecule has 0 aromatic heterocycles. The van der Waals surface area contributed by atoms with Gasteiger partial charge in [-0.1, -0.05) is 35.3 Å². The van der Waals surface area contributed by atoms with E-state index in [0.29, 0.717) is 21.4 Å². The van der Waals surface area contributed by atoms with E-state index in [4.69, 9.17) is 23.2 Å². The summed E-state index contributed by atoms with van der Waals surface area (Å²) in [5.74, 6) is -0.133. The highest BCUT2D eigenvalue weighted by molar-refractivity contribution is 7.91. The van der Waals surface area contributed by atoms with Crippen molar-refractivity contribution < 1.29 is 13.2 Å². The standard InChI is InChI=1S/C17H14Cl2N2O3S/c18-11-5-7-12(8-6-11)20-15-9-25(23,24)10-16(15)21(17(20)22)14-4-2-1-3-13(14)19/h1-8,15-16H,9-10H2/t15-,16+/m0/s1. The van der Waals surface area contributed by atoms with E-state index in [-0.39, 0.29) is 17.5 Å². The van der Waals surface area contributed by atoms with E-state index < -0.39 is 21.9 Å². The van der Waals surface area contributed by atoms with E-state index in [1.165, 1.54) is 9.80 Å². The monoisotopic (exact) mass is 396 g/mol. The number of urea groups is 1. The van der Waals surface area contributed by atoms with Crippen LogP contribution in [-0.2, 0) is 9.84 Å². The van der Waals surface area contributed by atoms with Crippen molar-refractivity contribution in [2.45, 2.75) is 12.1 Å². The van der Waals surface area contributed by atoms with Crippen LogP contribution in [-0.4, -0.2) is 38.0 Å². The molecule has 4 rings (SSSR count). The van der Waals surface area contributed by atoms with Crippen LogP contribution in [0.5, 0.6) is 0 Å². The molecule has 8 heteroatoms. The molecule has 0 unspecified atom stereocenters. The summed E-state index contributed by atoms with van der Waals surface area (Å²) in [7, 11) is -3.24. The van der Waals surface area contributed by atoms with Crippen LogP contribution in [0.1, 0.15) is 0 Å². The molecule has 0 saturated carbocycles. The van der Waals surface area contributed by atoms with Gasteiger partial charge in [-0.05, 0) is 36.4 Å². The Morgan fingerprint density at radius 3 is 2.12 bits per heavy atom. The molecule has 25 heavy (non-hydrogen) atoms. The van der Waals surface area contributed by atoms with E-state index in [1.54, 1.807) is 48.5 Å². The SMILES string of the molecule is O=C1N(c2ccccc2Cl)[C@@H]2CS(=O)(=O)C[C@@H]2N1c1ccc(Cl)cc1. The number of hydrogen-bond donors (Lipinski definition) is 0. The van der Waals surface area contributed by atoms with Crippen LogP contribution in [0.4, 0.5) is 16.2 Å². The van der Waals surface area contributed by atoms with E-state index in [9.17, 15) is 13.2 Å². The Hall–Kier alpha value is -1.76. The van der Waals surface area contributed by atoms with Gasteiger partial charge in [-0.3, -0.25) is 9.80 Å². The predicted molar refractivity (Wildman–Crippen MR) is 99.5 cm³/mol. The third kappa shape index (κ3) is 2.78. The van der Waals surface area contributed by atoms with Crippen molar-refractivity contribution in [2.24, 2.45) is 0 Å². The van der Waals surface area contributed by atoms with Crippen molar-refractivity contribution in [2.75, 3.05) is 21.3 Å². The summed E-state index contributed by atoms with van der Waals surface area (Å²) in [6.07, 6.45) is 0. The van der Waals surface area contributed by atoms with Crippen LogP contribution in [0, 0.1) is 0 Å². The molecule has 2 aromatic rings. The zero-order valence-corrected chi connectivity index (χ0v) is 15.3. The molecule has 0 radical (unpaired) electrons. The molecule has 2 atom stereocenters. The second-order valence-electron chi connectivity index (χ2n) is 6.16. The number of hydrogen-bond acceptors (Lipinski definition) is 3. The number of carbonyl (C=O) groups excluding carboxylic acids is 1. The lowest BCUT2D eigenvalue weighted by Gasteiger charge is -2.23. The van der Waals surface area contributed by atoms with Gasteiger partial charge in [-0.25, -0.2) is 13.2 Å². The molecule has 0 N–H and O–H groups in total. The Labute approximate surface area is 155 Å². The van der Waals surface area contributed by atoms with Crippen molar-refractivity contribution in [1.29, 1.82) is 0 Å². The van der Waals surface area contributed by atoms with Crippen molar-refractivity contribution in [3.8, 4) is 0 Å². The first-order chi connectivity index (χ1) is 11.9. The average Bonchev–Trinajstić information content (AvgIpc) is 2.99. The first-order valence-electron chi connectivity index (χ1n) is 7.70. The molecule has 2 aromatic carbocycles. The van der Waals surface area contributed by atoms with Crippen LogP contribution in [0.2, 0.25) is 10.0 Å². The molecule has 2 fully saturated rings. The molecule has 2 aliphatic heterocycles. The summed E-state index contributed by atoms with van der Waals surface area (Å²) in [6, 6.07) is 12.6. The number of anilines is 2. The number of carbonyl (C=O) groups is 1. The lowest BCUT2D eigenvalue weighted by Crippen LogP contribution is -2.38. The Bertz CT molecular complexity index is 947. The largest absolute Gasteiger partial charge is 0.329 e. The summed E-state index contributed by atoms with van der Waals surface area (Å²) < 4.78 is 24.4. The molecule has 2 heterocycles. The Morgan fingerprint density at radius 1 is 0.880 bits per heavy atom. The van der Waals surface area contributed by atoms with Gasteiger partial charge in [0.1, 0.15) is 0 Å². The molecule has 5 nitrogen and oxygen atoms in total. The highest BCUT2D eigenvalue weighted by Crippen LogP contribution is 2.40. The normalized spacial score (nSPS) is 24.6. The Kier molecular flexibility index (Phi) is 3.94. The van der Waals surface area contributed by atoms with Crippen molar-refractivity contribution in [3.05, 3.63) is 58.6 Å². The summed E-state index contributed by atoms with van der Waals surface area (Å²) >= 11 is 12.2. The van der Waals surface area contributed by atoms with Gasteiger partial charge in [-0.2, -0.15) is 0 Å². The number of halogens is 2. The van der Waals surface area contributed by atoms with Gasteiger partial charge in [0.2, 0.25) is 0 Å². The maximum atomic E-state index is 13.1. The molecular formula is C17H14Cl2N2O3S. The van der Waals surface area contributed by atoms with Crippen LogP contribution in [0.25, 0.3) is 0 Å². The van der Waals surface area contributed by atoms with Gasteiger partial charge >= 0.3 is 6.03 Å². The maximum absolute atomic E-state index is 13.1. The van der Waals surface area contributed by atoms with Crippen LogP contribution in [0.15, 0.2) is 48.5 Å². The minimum Gasteiger partial charge on any atom is -0.288 e. The smallest absolute Gasteiger partial charge is 0.288 e. The van der Waals surface area contributed by atoms with Crippen molar-refractivity contribution in [1.82, 2.24) is 0 Å². The average molecular weight is 397 g/mol. The predicted octanol–water partition coefficient (Wildman–Crippen LogP) is 3.61. The number of benzene rings is 2. The zero-order chi connectivity index (χ0) is 17.8. The van der Waals surface area contributed by atoms with Gasteiger partial charge in [0, 0.05) is 10.7 Å². The molecule has 2 saturated heterocycles. The second-order valence-corrected chi connectivity index (χ2v) is 9.16. The van der Waals surface area contributed by atoms with Gasteiger partial charge < -0.3 is 0 Å². The topological polar surface area (TPSA) is 57.7 Å². The first kappa shape index (κ1) is 16.7. The third-order valence-electron chi connectivity index (χ3n) is 4.59. The summed E-state index contributed by atoms with van der Waals surface area (Å²) in [5, 5.41) is 0.964. The second kappa shape index (κ2) is 5.90. The Morgan fingerprint density at radius 2 is 1.48 bits per heavy atom. The molecule has 2 aliphatic rings. The highest BCUT2D eigenvalue weighted by Gasteiger charge is 2.54. The van der Waals surface area contributed by atoms with E-state index in [2.05, 4.69) is 0 Å². The molecule has 0 bridgehead atoms. The number of fused-ring (bicyclic) bond motifs is 1.